The predicted octanol–water partition coefficient (Wildman–Crippen LogP) is 4.67. The Labute approximate surface area is 170 Å². The van der Waals surface area contributed by atoms with Crippen LogP contribution in [0.1, 0.15) is 74.5 Å². The molecule has 3 rings (SSSR count). The van der Waals surface area contributed by atoms with Crippen molar-refractivity contribution in [3.05, 3.63) is 35.7 Å². The minimum Gasteiger partial charge on any atom is -0.326 e. The standard InChI is InChI=1S/C21H28N4O2S/c1-3-5-6-7-19(27)22-17-12-10-15(11-13-17)18(26)14-28-21-24-23-20(16-8-9-16)25(21)4-2/h10-13,16H,3-9,14H2,1-2H3,(H,22,27). The van der Waals surface area contributed by atoms with E-state index in [-0.39, 0.29) is 11.7 Å². The smallest absolute Gasteiger partial charge is 0.224 e. The normalized spacial score (nSPS) is 13.5. The van der Waals surface area contributed by atoms with Crippen molar-refractivity contribution in [1.29, 1.82) is 0 Å². The molecule has 1 aliphatic carbocycles. The van der Waals surface area contributed by atoms with Crippen LogP contribution in [-0.2, 0) is 11.3 Å². The first kappa shape index (κ1) is 20.6. The first-order valence-electron chi connectivity index (χ1n) is 10.1. The zero-order chi connectivity index (χ0) is 19.9. The highest BCUT2D eigenvalue weighted by molar-refractivity contribution is 7.99. The lowest BCUT2D eigenvalue weighted by atomic mass is 10.1. The Kier molecular flexibility index (Phi) is 7.25. The van der Waals surface area contributed by atoms with Gasteiger partial charge in [0.05, 0.1) is 5.75 Å². The summed E-state index contributed by atoms with van der Waals surface area (Å²) in [6.07, 6.45) is 5.96. The minimum atomic E-state index is 0.0217. The number of rotatable bonds is 11. The number of benzene rings is 1. The molecular weight excluding hydrogens is 372 g/mol. The number of Topliss-reactive ketones (excluding diaryl/α,β-unsaturated/α-hetero) is 1. The van der Waals surface area contributed by atoms with E-state index < -0.39 is 0 Å². The van der Waals surface area contributed by atoms with Crippen LogP contribution in [-0.4, -0.2) is 32.2 Å². The number of carbonyl (C=O) groups excluding carboxylic acids is 2. The summed E-state index contributed by atoms with van der Waals surface area (Å²) in [7, 11) is 0. The molecule has 1 saturated carbocycles. The van der Waals surface area contributed by atoms with E-state index in [1.165, 1.54) is 24.6 Å². The Hall–Kier alpha value is -2.15. The highest BCUT2D eigenvalue weighted by Crippen LogP contribution is 2.40. The molecule has 2 aromatic rings. The van der Waals surface area contributed by atoms with Crippen molar-refractivity contribution in [1.82, 2.24) is 14.8 Å². The molecule has 0 unspecified atom stereocenters. The fourth-order valence-electron chi connectivity index (χ4n) is 3.06. The topological polar surface area (TPSA) is 76.9 Å². The van der Waals surface area contributed by atoms with Gasteiger partial charge in [0, 0.05) is 30.1 Å². The van der Waals surface area contributed by atoms with Crippen LogP contribution in [0, 0.1) is 0 Å². The Morgan fingerprint density at radius 1 is 1.14 bits per heavy atom. The second kappa shape index (κ2) is 9.87. The van der Waals surface area contributed by atoms with Crippen molar-refractivity contribution in [3.63, 3.8) is 0 Å². The van der Waals surface area contributed by atoms with Gasteiger partial charge in [-0.15, -0.1) is 10.2 Å². The quantitative estimate of drug-likeness (QED) is 0.337. The highest BCUT2D eigenvalue weighted by atomic mass is 32.2. The van der Waals surface area contributed by atoms with Crippen LogP contribution >= 0.6 is 11.8 Å². The van der Waals surface area contributed by atoms with Gasteiger partial charge < -0.3 is 9.88 Å². The molecule has 1 aromatic heterocycles. The summed E-state index contributed by atoms with van der Waals surface area (Å²) in [5, 5.41) is 12.3. The Balaban J connectivity index is 1.51. The maximum Gasteiger partial charge on any atom is 0.224 e. The monoisotopic (exact) mass is 400 g/mol. The average Bonchev–Trinajstić information content (AvgIpc) is 3.46. The fraction of sp³-hybridized carbons (Fsp3) is 0.524. The molecule has 1 aliphatic rings. The largest absolute Gasteiger partial charge is 0.326 e. The van der Waals surface area contributed by atoms with E-state index in [9.17, 15) is 9.59 Å². The van der Waals surface area contributed by atoms with Crippen LogP contribution in [0.25, 0.3) is 0 Å². The molecule has 1 N–H and O–H groups in total. The van der Waals surface area contributed by atoms with E-state index in [0.717, 1.165) is 42.5 Å². The number of hydrogen-bond acceptors (Lipinski definition) is 5. The van der Waals surface area contributed by atoms with Crippen molar-refractivity contribution < 1.29 is 9.59 Å². The van der Waals surface area contributed by atoms with Gasteiger partial charge in [0.1, 0.15) is 5.82 Å². The molecule has 1 fully saturated rings. The zero-order valence-electron chi connectivity index (χ0n) is 16.6. The van der Waals surface area contributed by atoms with Gasteiger partial charge in [-0.1, -0.05) is 31.5 Å². The summed E-state index contributed by atoms with van der Waals surface area (Å²) in [4.78, 5) is 24.4. The number of amides is 1. The van der Waals surface area contributed by atoms with Crippen molar-refractivity contribution in [3.8, 4) is 0 Å². The number of carbonyl (C=O) groups is 2. The summed E-state index contributed by atoms with van der Waals surface area (Å²) in [6, 6.07) is 7.11. The molecule has 28 heavy (non-hydrogen) atoms. The first-order valence-corrected chi connectivity index (χ1v) is 11.1. The molecule has 6 nitrogen and oxygen atoms in total. The van der Waals surface area contributed by atoms with Crippen LogP contribution in [0.4, 0.5) is 5.69 Å². The van der Waals surface area contributed by atoms with E-state index in [0.29, 0.717) is 23.7 Å². The SMILES string of the molecule is CCCCCC(=O)Nc1ccc(C(=O)CSc2nnc(C3CC3)n2CC)cc1. The minimum absolute atomic E-state index is 0.0217. The molecule has 0 saturated heterocycles. The average molecular weight is 401 g/mol. The van der Waals surface area contributed by atoms with E-state index in [1.807, 2.05) is 0 Å². The lowest BCUT2D eigenvalue weighted by molar-refractivity contribution is -0.116. The van der Waals surface area contributed by atoms with Crippen LogP contribution in [0.15, 0.2) is 29.4 Å². The number of unbranched alkanes of at least 4 members (excludes halogenated alkanes) is 2. The van der Waals surface area contributed by atoms with Gasteiger partial charge in [-0.2, -0.15) is 0 Å². The lowest BCUT2D eigenvalue weighted by Gasteiger charge is -2.07. The number of nitrogens with zero attached hydrogens (tertiary/aromatic N) is 3. The van der Waals surface area contributed by atoms with Gasteiger partial charge in [-0.3, -0.25) is 9.59 Å². The number of ketones is 1. The third kappa shape index (κ3) is 5.44. The number of hydrogen-bond donors (Lipinski definition) is 1. The summed E-state index contributed by atoms with van der Waals surface area (Å²) in [5.41, 5.74) is 1.37. The Bertz CT molecular complexity index is 812. The molecule has 1 aromatic carbocycles. The second-order valence-corrected chi connectivity index (χ2v) is 8.10. The molecule has 0 aliphatic heterocycles. The predicted molar refractivity (Wildman–Crippen MR) is 112 cm³/mol. The summed E-state index contributed by atoms with van der Waals surface area (Å²) < 4.78 is 2.12. The van der Waals surface area contributed by atoms with Crippen LogP contribution < -0.4 is 5.32 Å². The van der Waals surface area contributed by atoms with E-state index in [4.69, 9.17) is 0 Å². The van der Waals surface area contributed by atoms with E-state index in [1.54, 1.807) is 24.3 Å². The van der Waals surface area contributed by atoms with Crippen LogP contribution in [0.5, 0.6) is 0 Å². The fourth-order valence-corrected chi connectivity index (χ4v) is 3.96. The molecule has 1 heterocycles. The van der Waals surface area contributed by atoms with Gasteiger partial charge in [0.15, 0.2) is 10.9 Å². The van der Waals surface area contributed by atoms with Gasteiger partial charge in [0.2, 0.25) is 5.91 Å². The molecule has 1 amide bonds. The van der Waals surface area contributed by atoms with Crippen molar-refractivity contribution in [2.45, 2.75) is 70.0 Å². The van der Waals surface area contributed by atoms with Gasteiger partial charge in [-0.05, 0) is 50.5 Å². The van der Waals surface area contributed by atoms with Crippen molar-refractivity contribution >= 4 is 29.1 Å². The molecule has 0 spiro atoms. The maximum absolute atomic E-state index is 12.5. The second-order valence-electron chi connectivity index (χ2n) is 7.15. The van der Waals surface area contributed by atoms with E-state index in [2.05, 4.69) is 33.9 Å². The van der Waals surface area contributed by atoms with Crippen molar-refractivity contribution in [2.24, 2.45) is 0 Å². The lowest BCUT2D eigenvalue weighted by Crippen LogP contribution is -2.11. The third-order valence-corrected chi connectivity index (χ3v) is 5.80. The number of aromatic nitrogens is 3. The Morgan fingerprint density at radius 2 is 1.89 bits per heavy atom. The molecule has 7 heteroatoms. The van der Waals surface area contributed by atoms with Crippen LogP contribution in [0.2, 0.25) is 0 Å². The van der Waals surface area contributed by atoms with E-state index >= 15 is 0 Å². The number of thioether (sulfide) groups is 1. The number of nitrogens with one attached hydrogen (secondary N) is 1. The molecular formula is C21H28N4O2S. The number of anilines is 1. The first-order chi connectivity index (χ1) is 13.6. The van der Waals surface area contributed by atoms with Crippen molar-refractivity contribution in [2.75, 3.05) is 11.1 Å². The Morgan fingerprint density at radius 3 is 2.54 bits per heavy atom. The summed E-state index contributed by atoms with van der Waals surface area (Å²) in [5.74, 6) is 1.99. The van der Waals surface area contributed by atoms with Gasteiger partial charge in [-0.25, -0.2) is 0 Å². The molecule has 0 atom stereocenters. The maximum atomic E-state index is 12.5. The third-order valence-electron chi connectivity index (χ3n) is 4.83. The summed E-state index contributed by atoms with van der Waals surface area (Å²) >= 11 is 1.44. The van der Waals surface area contributed by atoms with Gasteiger partial charge in [0.25, 0.3) is 0 Å². The molecule has 0 radical (unpaired) electrons. The van der Waals surface area contributed by atoms with Gasteiger partial charge >= 0.3 is 0 Å². The zero-order valence-corrected chi connectivity index (χ0v) is 17.4. The molecule has 150 valence electrons. The summed E-state index contributed by atoms with van der Waals surface area (Å²) in [6.45, 7) is 5.02. The molecule has 0 bridgehead atoms. The van der Waals surface area contributed by atoms with Crippen LogP contribution in [0.3, 0.4) is 0 Å². The highest BCUT2D eigenvalue weighted by Gasteiger charge is 2.30.